The van der Waals surface area contributed by atoms with E-state index in [1.54, 1.807) is 24.3 Å². The Balaban J connectivity index is 2.77. The molecule has 0 aliphatic carbocycles. The van der Waals surface area contributed by atoms with Crippen molar-refractivity contribution in [2.75, 3.05) is 0 Å². The Morgan fingerprint density at radius 1 is 1.46 bits per heavy atom. The zero-order valence-corrected chi connectivity index (χ0v) is 6.64. The van der Waals surface area contributed by atoms with Gasteiger partial charge in [-0.25, -0.2) is 0 Å². The number of nitrogens with zero attached hydrogens (tertiary/aromatic N) is 2. The van der Waals surface area contributed by atoms with Crippen LogP contribution in [0.15, 0.2) is 29.4 Å². The second-order valence-corrected chi connectivity index (χ2v) is 2.18. The topological polar surface area (TPSA) is 91.6 Å². The number of rotatable bonds is 1. The van der Waals surface area contributed by atoms with Crippen molar-refractivity contribution >= 4 is 6.02 Å². The molecule has 3 N–H and O–H groups in total. The van der Waals surface area contributed by atoms with Crippen molar-refractivity contribution in [3.63, 3.8) is 0 Å². The summed E-state index contributed by atoms with van der Waals surface area (Å²) >= 11 is 0. The zero-order chi connectivity index (χ0) is 9.68. The molecule has 0 bridgehead atoms. The maximum Gasteiger partial charge on any atom is 0.326 e. The Morgan fingerprint density at radius 3 is 2.54 bits per heavy atom. The normalized spacial score (nSPS) is 10.5. The van der Waals surface area contributed by atoms with Crippen LogP contribution in [0.5, 0.6) is 5.75 Å². The van der Waals surface area contributed by atoms with Crippen LogP contribution in [0.1, 0.15) is 5.56 Å². The van der Waals surface area contributed by atoms with Gasteiger partial charge in [-0.2, -0.15) is 5.26 Å². The van der Waals surface area contributed by atoms with Crippen molar-refractivity contribution in [1.29, 1.82) is 5.26 Å². The quantitative estimate of drug-likeness (QED) is 0.285. The second kappa shape index (κ2) is 3.97. The lowest BCUT2D eigenvalue weighted by Gasteiger charge is -2.01. The van der Waals surface area contributed by atoms with Crippen LogP contribution in [-0.2, 0) is 0 Å². The van der Waals surface area contributed by atoms with E-state index in [0.29, 0.717) is 11.3 Å². The van der Waals surface area contributed by atoms with Gasteiger partial charge in [0.15, 0.2) is 0 Å². The minimum absolute atomic E-state index is 0.343. The summed E-state index contributed by atoms with van der Waals surface area (Å²) in [5.74, 6) is 0.411. The lowest BCUT2D eigenvalue weighted by molar-refractivity contribution is 0.302. The molecule has 0 radical (unpaired) electrons. The third-order valence-corrected chi connectivity index (χ3v) is 1.30. The molecule has 1 rings (SSSR count). The monoisotopic (exact) mass is 177 g/mol. The first-order chi connectivity index (χ1) is 6.26. The fraction of sp³-hybridized carbons (Fsp3) is 0. The summed E-state index contributed by atoms with van der Waals surface area (Å²) in [4.78, 5) is 0. The number of nitriles is 1. The maximum atomic E-state index is 8.48. The highest BCUT2D eigenvalue weighted by molar-refractivity contribution is 5.73. The molecule has 5 nitrogen and oxygen atoms in total. The molecule has 0 aliphatic rings. The van der Waals surface area contributed by atoms with Crippen molar-refractivity contribution in [2.24, 2.45) is 10.9 Å². The van der Waals surface area contributed by atoms with Crippen LogP contribution in [0.2, 0.25) is 0 Å². The van der Waals surface area contributed by atoms with Gasteiger partial charge in [-0.05, 0) is 29.4 Å². The third-order valence-electron chi connectivity index (χ3n) is 1.30. The molecule has 0 atom stereocenters. The molecule has 13 heavy (non-hydrogen) atoms. The number of hydrogen-bond donors (Lipinski definition) is 2. The average Bonchev–Trinajstić information content (AvgIpc) is 2.19. The van der Waals surface area contributed by atoms with Crippen LogP contribution in [0.3, 0.4) is 0 Å². The lowest BCUT2D eigenvalue weighted by atomic mass is 10.2. The highest BCUT2D eigenvalue weighted by Gasteiger charge is 1.97. The number of amidine groups is 1. The van der Waals surface area contributed by atoms with E-state index in [1.807, 2.05) is 6.07 Å². The van der Waals surface area contributed by atoms with Gasteiger partial charge in [0.2, 0.25) is 0 Å². The van der Waals surface area contributed by atoms with Gasteiger partial charge >= 0.3 is 6.02 Å². The van der Waals surface area contributed by atoms with Gasteiger partial charge in [-0.1, -0.05) is 0 Å². The van der Waals surface area contributed by atoms with Crippen LogP contribution in [0, 0.1) is 11.3 Å². The molecule has 0 spiro atoms. The summed E-state index contributed by atoms with van der Waals surface area (Å²) < 4.78 is 4.83. The summed E-state index contributed by atoms with van der Waals surface area (Å²) in [5, 5.41) is 19.3. The molecule has 0 unspecified atom stereocenters. The van der Waals surface area contributed by atoms with Crippen molar-refractivity contribution in [1.82, 2.24) is 0 Å². The first kappa shape index (κ1) is 8.87. The molecule has 5 heteroatoms. The van der Waals surface area contributed by atoms with Crippen molar-refractivity contribution in [3.05, 3.63) is 29.8 Å². The minimum atomic E-state index is -0.343. The Hall–Kier alpha value is -2.22. The number of ether oxygens (including phenoxy) is 1. The van der Waals surface area contributed by atoms with Crippen LogP contribution in [0.25, 0.3) is 0 Å². The van der Waals surface area contributed by atoms with E-state index < -0.39 is 0 Å². The summed E-state index contributed by atoms with van der Waals surface area (Å²) in [6.45, 7) is 0. The van der Waals surface area contributed by atoms with Gasteiger partial charge < -0.3 is 15.7 Å². The molecule has 0 fully saturated rings. The Kier molecular flexibility index (Phi) is 2.71. The second-order valence-electron chi connectivity index (χ2n) is 2.18. The first-order valence-electron chi connectivity index (χ1n) is 3.42. The SMILES string of the molecule is N#Cc1ccc(O/C(N)=N\O)cc1. The number of benzene rings is 1. The summed E-state index contributed by atoms with van der Waals surface area (Å²) in [6.07, 6.45) is 0. The van der Waals surface area contributed by atoms with Crippen molar-refractivity contribution in [3.8, 4) is 11.8 Å². The van der Waals surface area contributed by atoms with E-state index in [1.165, 1.54) is 0 Å². The van der Waals surface area contributed by atoms with Gasteiger partial charge in [0.25, 0.3) is 0 Å². The molecule has 0 saturated carbocycles. The molecule has 1 aromatic carbocycles. The molecular weight excluding hydrogens is 170 g/mol. The largest absolute Gasteiger partial charge is 0.424 e. The Bertz CT molecular complexity index is 351. The third kappa shape index (κ3) is 2.38. The fourth-order valence-electron chi connectivity index (χ4n) is 0.739. The molecule has 66 valence electrons. The van der Waals surface area contributed by atoms with E-state index >= 15 is 0 Å². The van der Waals surface area contributed by atoms with E-state index in [4.69, 9.17) is 20.9 Å². The predicted octanol–water partition coefficient (Wildman–Crippen LogP) is 0.641. The summed E-state index contributed by atoms with van der Waals surface area (Å²) in [7, 11) is 0. The highest BCUT2D eigenvalue weighted by Crippen LogP contribution is 2.10. The smallest absolute Gasteiger partial charge is 0.326 e. The fourth-order valence-corrected chi connectivity index (χ4v) is 0.739. The van der Waals surface area contributed by atoms with Gasteiger partial charge in [0.05, 0.1) is 11.6 Å². The van der Waals surface area contributed by atoms with Crippen molar-refractivity contribution < 1.29 is 9.94 Å². The predicted molar refractivity (Wildman–Crippen MR) is 45.2 cm³/mol. The lowest BCUT2D eigenvalue weighted by Crippen LogP contribution is -2.19. The van der Waals surface area contributed by atoms with Crippen LogP contribution in [0.4, 0.5) is 0 Å². The van der Waals surface area contributed by atoms with E-state index in [0.717, 1.165) is 0 Å². The molecule has 0 aliphatic heterocycles. The van der Waals surface area contributed by atoms with E-state index in [9.17, 15) is 0 Å². The zero-order valence-electron chi connectivity index (χ0n) is 6.64. The van der Waals surface area contributed by atoms with Gasteiger partial charge in [0, 0.05) is 0 Å². The van der Waals surface area contributed by atoms with Crippen LogP contribution >= 0.6 is 0 Å². The molecule has 0 heterocycles. The molecule has 1 aromatic rings. The van der Waals surface area contributed by atoms with Crippen molar-refractivity contribution in [2.45, 2.75) is 0 Å². The van der Waals surface area contributed by atoms with Gasteiger partial charge in [-0.3, -0.25) is 0 Å². The van der Waals surface area contributed by atoms with Gasteiger partial charge in [-0.15, -0.1) is 0 Å². The van der Waals surface area contributed by atoms with Gasteiger partial charge in [0.1, 0.15) is 5.75 Å². The Labute approximate surface area is 74.7 Å². The maximum absolute atomic E-state index is 8.48. The van der Waals surface area contributed by atoms with E-state index in [-0.39, 0.29) is 6.02 Å². The summed E-state index contributed by atoms with van der Waals surface area (Å²) in [5.41, 5.74) is 5.61. The number of oxime groups is 1. The first-order valence-corrected chi connectivity index (χ1v) is 3.42. The number of hydrogen-bond acceptors (Lipinski definition) is 4. The molecule has 0 saturated heterocycles. The average molecular weight is 177 g/mol. The highest BCUT2D eigenvalue weighted by atomic mass is 16.5. The van der Waals surface area contributed by atoms with E-state index in [2.05, 4.69) is 5.16 Å². The van der Waals surface area contributed by atoms with Crippen LogP contribution < -0.4 is 10.5 Å². The molecule has 0 amide bonds. The molecule has 0 aromatic heterocycles. The van der Waals surface area contributed by atoms with Crippen LogP contribution in [-0.4, -0.2) is 11.2 Å². The Morgan fingerprint density at radius 2 is 2.08 bits per heavy atom. The standard InChI is InChI=1S/C8H7N3O2/c9-5-6-1-3-7(4-2-6)13-8(10)11-12/h1-4,12H,(H2,10,11). The number of nitrogens with two attached hydrogens (primary N) is 1. The minimum Gasteiger partial charge on any atom is -0.424 e. The molecular formula is C8H7N3O2. The summed E-state index contributed by atoms with van der Waals surface area (Å²) in [6, 6.07) is 7.86.